The monoisotopic (exact) mass is 186 g/mol. The van der Waals surface area contributed by atoms with Crippen LogP contribution in [0.25, 0.3) is 0 Å². The molecule has 0 radical (unpaired) electrons. The number of hydrogen-bond donors (Lipinski definition) is 1. The van der Waals surface area contributed by atoms with Gasteiger partial charge >= 0.3 is 0 Å². The van der Waals surface area contributed by atoms with E-state index >= 15 is 0 Å². The third-order valence-electron chi connectivity index (χ3n) is 1.92. The lowest BCUT2D eigenvalue weighted by atomic mass is 10.1. The summed E-state index contributed by atoms with van der Waals surface area (Å²) in [5.74, 6) is -0.0751. The van der Waals surface area contributed by atoms with Crippen LogP contribution in [0.1, 0.15) is 0 Å². The van der Waals surface area contributed by atoms with Crippen molar-refractivity contribution >= 4 is 12.1 Å². The molecule has 0 bridgehead atoms. The van der Waals surface area contributed by atoms with Crippen molar-refractivity contribution in [2.24, 2.45) is 4.99 Å². The molecular weight excluding hydrogens is 176 g/mol. The lowest BCUT2D eigenvalue weighted by Gasteiger charge is -2.04. The van der Waals surface area contributed by atoms with E-state index in [1.165, 1.54) is 0 Å². The Balaban J connectivity index is 2.40. The maximum Gasteiger partial charge on any atom is 0.246 e. The highest BCUT2D eigenvalue weighted by Gasteiger charge is 2.08. The van der Waals surface area contributed by atoms with Gasteiger partial charge < -0.3 is 5.32 Å². The first-order valence-corrected chi connectivity index (χ1v) is 4.41. The van der Waals surface area contributed by atoms with Crippen LogP contribution in [0.3, 0.4) is 0 Å². The van der Waals surface area contributed by atoms with Crippen molar-refractivity contribution in [3.05, 3.63) is 47.7 Å². The van der Waals surface area contributed by atoms with Gasteiger partial charge in [-0.2, -0.15) is 0 Å². The molecule has 1 heterocycles. The first-order chi connectivity index (χ1) is 6.86. The largest absolute Gasteiger partial charge is 0.324 e. The van der Waals surface area contributed by atoms with E-state index in [4.69, 9.17) is 0 Å². The number of hydrogen-bond acceptors (Lipinski definition) is 2. The first-order valence-electron chi connectivity index (χ1n) is 4.41. The summed E-state index contributed by atoms with van der Waals surface area (Å²) in [6, 6.07) is 0. The molecule has 0 fully saturated rings. The standard InChI is InChI=1S/C11H10N2O/c14-11-8-12-7-9-5-3-1-2-4-6-10(9)13-11/h1-7H,8H2,(H,13,14). The highest BCUT2D eigenvalue weighted by molar-refractivity contribution is 5.92. The fourth-order valence-electron chi connectivity index (χ4n) is 1.27. The van der Waals surface area contributed by atoms with Crippen molar-refractivity contribution in [2.75, 3.05) is 6.54 Å². The molecule has 1 amide bonds. The number of aliphatic imine (C=N–C) groups is 1. The van der Waals surface area contributed by atoms with Gasteiger partial charge in [0.15, 0.2) is 0 Å². The normalized spacial score (nSPS) is 19.9. The number of nitrogens with zero attached hydrogens (tertiary/aromatic N) is 1. The average Bonchev–Trinajstić information content (AvgIpc) is 2.29. The second kappa shape index (κ2) is 3.87. The first kappa shape index (κ1) is 8.69. The Morgan fingerprint density at radius 2 is 1.93 bits per heavy atom. The molecule has 1 N–H and O–H groups in total. The summed E-state index contributed by atoms with van der Waals surface area (Å²) in [4.78, 5) is 15.2. The minimum absolute atomic E-state index is 0.0751. The van der Waals surface area contributed by atoms with Crippen molar-refractivity contribution in [3.63, 3.8) is 0 Å². The van der Waals surface area contributed by atoms with Crippen molar-refractivity contribution in [1.29, 1.82) is 0 Å². The van der Waals surface area contributed by atoms with Crippen LogP contribution in [0.4, 0.5) is 0 Å². The Morgan fingerprint density at radius 1 is 1.14 bits per heavy atom. The summed E-state index contributed by atoms with van der Waals surface area (Å²) in [7, 11) is 0. The average molecular weight is 186 g/mol. The molecule has 0 unspecified atom stereocenters. The van der Waals surface area contributed by atoms with Gasteiger partial charge in [0.05, 0.1) is 0 Å². The lowest BCUT2D eigenvalue weighted by molar-refractivity contribution is -0.118. The molecule has 2 rings (SSSR count). The zero-order valence-corrected chi connectivity index (χ0v) is 7.60. The second-order valence-electron chi connectivity index (χ2n) is 2.99. The Bertz CT molecular complexity index is 398. The predicted molar refractivity (Wildman–Crippen MR) is 55.9 cm³/mol. The van der Waals surface area contributed by atoms with Gasteiger partial charge in [0.2, 0.25) is 5.91 Å². The minimum Gasteiger partial charge on any atom is -0.324 e. The molecule has 3 heteroatoms. The molecule has 0 aromatic rings. The molecule has 2 aliphatic rings. The van der Waals surface area contributed by atoms with Gasteiger partial charge in [-0.05, 0) is 6.08 Å². The molecule has 1 aliphatic heterocycles. The highest BCUT2D eigenvalue weighted by atomic mass is 16.1. The van der Waals surface area contributed by atoms with Gasteiger partial charge in [-0.3, -0.25) is 9.79 Å². The summed E-state index contributed by atoms with van der Waals surface area (Å²) < 4.78 is 0. The Morgan fingerprint density at radius 3 is 2.79 bits per heavy atom. The van der Waals surface area contributed by atoms with Gasteiger partial charge in [-0.25, -0.2) is 0 Å². The summed E-state index contributed by atoms with van der Waals surface area (Å²) in [5.41, 5.74) is 1.73. The minimum atomic E-state index is -0.0751. The van der Waals surface area contributed by atoms with Crippen molar-refractivity contribution in [1.82, 2.24) is 5.32 Å². The summed E-state index contributed by atoms with van der Waals surface area (Å²) in [6.45, 7) is 0.197. The predicted octanol–water partition coefficient (Wildman–Crippen LogP) is 1.12. The van der Waals surface area contributed by atoms with E-state index in [-0.39, 0.29) is 12.5 Å². The van der Waals surface area contributed by atoms with Crippen LogP contribution in [0.2, 0.25) is 0 Å². The molecule has 0 spiro atoms. The molecular formula is C11H10N2O. The lowest BCUT2D eigenvalue weighted by Crippen LogP contribution is -2.23. The molecule has 70 valence electrons. The van der Waals surface area contributed by atoms with Crippen LogP contribution in [-0.4, -0.2) is 18.7 Å². The van der Waals surface area contributed by atoms with E-state index in [0.717, 1.165) is 11.3 Å². The van der Waals surface area contributed by atoms with Crippen LogP contribution in [0, 0.1) is 0 Å². The molecule has 0 aromatic heterocycles. The van der Waals surface area contributed by atoms with Gasteiger partial charge in [-0.1, -0.05) is 30.4 Å². The van der Waals surface area contributed by atoms with Crippen LogP contribution in [0.5, 0.6) is 0 Å². The highest BCUT2D eigenvalue weighted by Crippen LogP contribution is 2.08. The molecule has 0 saturated heterocycles. The van der Waals surface area contributed by atoms with Crippen LogP contribution >= 0.6 is 0 Å². The van der Waals surface area contributed by atoms with E-state index < -0.39 is 0 Å². The number of carbonyl (C=O) groups excluding carboxylic acids is 1. The SMILES string of the molecule is O=C1CN=CC2=C(C=CC=CC=C2)N1. The maximum absolute atomic E-state index is 11.2. The van der Waals surface area contributed by atoms with E-state index in [1.54, 1.807) is 6.21 Å². The molecule has 1 aliphatic carbocycles. The molecule has 0 atom stereocenters. The number of rotatable bonds is 0. The molecule has 14 heavy (non-hydrogen) atoms. The van der Waals surface area contributed by atoms with Crippen LogP contribution < -0.4 is 5.32 Å². The third kappa shape index (κ3) is 1.88. The zero-order chi connectivity index (χ0) is 9.80. The maximum atomic E-state index is 11.2. The van der Waals surface area contributed by atoms with Gasteiger partial charge in [0.1, 0.15) is 6.54 Å². The van der Waals surface area contributed by atoms with Gasteiger partial charge in [0.25, 0.3) is 0 Å². The third-order valence-corrected chi connectivity index (χ3v) is 1.92. The quantitative estimate of drug-likeness (QED) is 0.605. The number of amides is 1. The zero-order valence-electron chi connectivity index (χ0n) is 7.60. The fourth-order valence-corrected chi connectivity index (χ4v) is 1.27. The molecule has 3 nitrogen and oxygen atoms in total. The van der Waals surface area contributed by atoms with Gasteiger partial charge in [-0.15, -0.1) is 0 Å². The van der Waals surface area contributed by atoms with Crippen molar-refractivity contribution in [3.8, 4) is 0 Å². The smallest absolute Gasteiger partial charge is 0.246 e. The molecule has 0 saturated carbocycles. The fraction of sp³-hybridized carbons (Fsp3) is 0.0909. The summed E-state index contributed by atoms with van der Waals surface area (Å²) >= 11 is 0. The van der Waals surface area contributed by atoms with E-state index in [2.05, 4.69) is 10.3 Å². The van der Waals surface area contributed by atoms with Crippen LogP contribution in [0.15, 0.2) is 52.7 Å². The Labute approximate surface area is 82.2 Å². The van der Waals surface area contributed by atoms with E-state index in [9.17, 15) is 4.79 Å². The Kier molecular flexibility index (Phi) is 2.40. The van der Waals surface area contributed by atoms with Crippen molar-refractivity contribution < 1.29 is 4.79 Å². The Hall–Kier alpha value is -1.90. The van der Waals surface area contributed by atoms with Gasteiger partial charge in [0, 0.05) is 17.5 Å². The van der Waals surface area contributed by atoms with Crippen LogP contribution in [-0.2, 0) is 4.79 Å². The van der Waals surface area contributed by atoms with E-state index in [0.29, 0.717) is 0 Å². The van der Waals surface area contributed by atoms with E-state index in [1.807, 2.05) is 36.5 Å². The summed E-state index contributed by atoms with van der Waals surface area (Å²) in [6.07, 6.45) is 13.2. The topological polar surface area (TPSA) is 41.5 Å². The molecule has 0 aromatic carbocycles. The number of carbonyl (C=O) groups is 1. The number of nitrogens with one attached hydrogen (secondary N) is 1. The summed E-state index contributed by atoms with van der Waals surface area (Å²) in [5, 5.41) is 2.79. The number of allylic oxidation sites excluding steroid dienone is 7. The van der Waals surface area contributed by atoms with Crippen molar-refractivity contribution in [2.45, 2.75) is 0 Å². The second-order valence-corrected chi connectivity index (χ2v) is 2.99.